The van der Waals surface area contributed by atoms with E-state index in [0.717, 1.165) is 25.9 Å². The van der Waals surface area contributed by atoms with E-state index < -0.39 is 10.8 Å². The third kappa shape index (κ3) is 6.22. The average Bonchev–Trinajstić information content (AvgIpc) is 4.28. The molecule has 0 spiro atoms. The SMILES string of the molecule is CCN(c1ccc2c(c1)C(c1ccccc1)(c1ccccc1)c1cc3c(cc1-2)C(c1ccccc1)(c1ccccc1)c1cc(N(CC)c2cccc4c2Cc2ccccc2-4)ccc1-3)c1cccc2c1Cc1ccccc1-2. The summed E-state index contributed by atoms with van der Waals surface area (Å²) in [6, 6.07) is 97.1. The third-order valence-electron chi connectivity index (χ3n) is 17.7. The lowest BCUT2D eigenvalue weighted by Gasteiger charge is -2.36. The maximum atomic E-state index is 2.62. The highest BCUT2D eigenvalue weighted by Crippen LogP contribution is 2.63. The van der Waals surface area contributed by atoms with Gasteiger partial charge in [0.15, 0.2) is 0 Å². The fourth-order valence-electron chi connectivity index (χ4n) is 14.5. The molecule has 0 heterocycles. The quantitative estimate of drug-likeness (QED) is 0.135. The van der Waals surface area contributed by atoms with Crippen LogP contribution >= 0.6 is 0 Å². The van der Waals surface area contributed by atoms with Crippen LogP contribution in [0.1, 0.15) is 80.6 Å². The Labute approximate surface area is 446 Å². The molecule has 362 valence electrons. The fourth-order valence-corrected chi connectivity index (χ4v) is 14.5. The van der Waals surface area contributed by atoms with Crippen molar-refractivity contribution in [2.45, 2.75) is 37.5 Å². The largest absolute Gasteiger partial charge is 0.342 e. The molecule has 2 nitrogen and oxygen atoms in total. The first-order valence-electron chi connectivity index (χ1n) is 27.3. The minimum Gasteiger partial charge on any atom is -0.342 e. The van der Waals surface area contributed by atoms with Gasteiger partial charge in [-0.25, -0.2) is 0 Å². The van der Waals surface area contributed by atoms with Crippen LogP contribution in [-0.2, 0) is 23.7 Å². The van der Waals surface area contributed by atoms with Crippen LogP contribution < -0.4 is 9.80 Å². The third-order valence-corrected chi connectivity index (χ3v) is 17.7. The number of anilines is 4. The van der Waals surface area contributed by atoms with Crippen LogP contribution in [0.3, 0.4) is 0 Å². The Morgan fingerprint density at radius 2 is 0.618 bits per heavy atom. The molecule has 0 fully saturated rings. The van der Waals surface area contributed by atoms with Gasteiger partial charge in [-0.3, -0.25) is 0 Å². The van der Waals surface area contributed by atoms with Crippen molar-refractivity contribution in [3.63, 3.8) is 0 Å². The van der Waals surface area contributed by atoms with E-state index in [1.54, 1.807) is 0 Å². The van der Waals surface area contributed by atoms with E-state index in [4.69, 9.17) is 0 Å². The molecular formula is C74H56N2. The summed E-state index contributed by atoms with van der Waals surface area (Å²) in [5, 5.41) is 0. The highest BCUT2D eigenvalue weighted by atomic mass is 15.1. The summed E-state index contributed by atoms with van der Waals surface area (Å²) in [5.41, 5.74) is 30.2. The second-order valence-corrected chi connectivity index (χ2v) is 21.1. The first kappa shape index (κ1) is 44.5. The first-order chi connectivity index (χ1) is 37.6. The number of nitrogens with zero attached hydrogens (tertiary/aromatic N) is 2. The molecule has 0 unspecified atom stereocenters. The van der Waals surface area contributed by atoms with Gasteiger partial charge in [0.1, 0.15) is 0 Å². The van der Waals surface area contributed by atoms with E-state index in [2.05, 4.69) is 278 Å². The lowest BCUT2D eigenvalue weighted by atomic mass is 9.66. The molecule has 0 atom stereocenters. The molecule has 0 aromatic heterocycles. The summed E-state index contributed by atoms with van der Waals surface area (Å²) in [6.07, 6.45) is 1.87. The Morgan fingerprint density at radius 1 is 0.289 bits per heavy atom. The summed E-state index contributed by atoms with van der Waals surface area (Å²) in [5.74, 6) is 0. The van der Waals surface area contributed by atoms with Crippen molar-refractivity contribution < 1.29 is 0 Å². The zero-order valence-corrected chi connectivity index (χ0v) is 43.0. The molecular weight excluding hydrogens is 917 g/mol. The van der Waals surface area contributed by atoms with Gasteiger partial charge in [-0.2, -0.15) is 0 Å². The summed E-state index contributed by atoms with van der Waals surface area (Å²) < 4.78 is 0. The van der Waals surface area contributed by atoms with E-state index in [-0.39, 0.29) is 0 Å². The molecule has 0 bridgehead atoms. The smallest absolute Gasteiger partial charge is 0.0714 e. The van der Waals surface area contributed by atoms with E-state index in [1.807, 2.05) is 0 Å². The van der Waals surface area contributed by atoms with Gasteiger partial charge in [-0.05, 0) is 174 Å². The monoisotopic (exact) mass is 972 g/mol. The molecule has 76 heavy (non-hydrogen) atoms. The summed E-state index contributed by atoms with van der Waals surface area (Å²) in [6.45, 7) is 6.27. The van der Waals surface area contributed by atoms with Crippen molar-refractivity contribution in [2.75, 3.05) is 22.9 Å². The second-order valence-electron chi connectivity index (χ2n) is 21.1. The first-order valence-corrected chi connectivity index (χ1v) is 27.3. The number of fused-ring (bicyclic) bond motifs is 12. The second kappa shape index (κ2) is 17.3. The number of benzene rings is 11. The summed E-state index contributed by atoms with van der Waals surface area (Å²) in [4.78, 5) is 5.11. The van der Waals surface area contributed by atoms with Gasteiger partial charge >= 0.3 is 0 Å². The van der Waals surface area contributed by atoms with Gasteiger partial charge in [0.05, 0.1) is 10.8 Å². The molecule has 15 rings (SSSR count). The fraction of sp³-hybridized carbons (Fsp3) is 0.108. The average molecular weight is 973 g/mol. The van der Waals surface area contributed by atoms with Crippen LogP contribution in [0, 0.1) is 0 Å². The van der Waals surface area contributed by atoms with E-state index in [9.17, 15) is 0 Å². The number of rotatable bonds is 10. The molecule has 0 aliphatic heterocycles. The van der Waals surface area contributed by atoms with Gasteiger partial charge in [0.2, 0.25) is 0 Å². The zero-order valence-electron chi connectivity index (χ0n) is 43.0. The lowest BCUT2D eigenvalue weighted by molar-refractivity contribution is 0.758. The molecule has 11 aromatic rings. The minimum absolute atomic E-state index is 0.623. The summed E-state index contributed by atoms with van der Waals surface area (Å²) in [7, 11) is 0. The van der Waals surface area contributed by atoms with Crippen LogP contribution in [0.15, 0.2) is 255 Å². The van der Waals surface area contributed by atoms with Crippen molar-refractivity contribution >= 4 is 22.7 Å². The van der Waals surface area contributed by atoms with Crippen molar-refractivity contribution in [2.24, 2.45) is 0 Å². The van der Waals surface area contributed by atoms with Crippen LogP contribution in [0.4, 0.5) is 22.7 Å². The van der Waals surface area contributed by atoms with Gasteiger partial charge in [0, 0.05) is 48.7 Å². The highest BCUT2D eigenvalue weighted by Gasteiger charge is 2.52. The topological polar surface area (TPSA) is 6.48 Å². The Bertz CT molecular complexity index is 3730. The Kier molecular flexibility index (Phi) is 10.1. The van der Waals surface area contributed by atoms with Gasteiger partial charge in [-0.1, -0.05) is 206 Å². The predicted molar refractivity (Wildman–Crippen MR) is 316 cm³/mol. The molecule has 0 radical (unpaired) electrons. The Morgan fingerprint density at radius 3 is 0.987 bits per heavy atom. The zero-order chi connectivity index (χ0) is 50.5. The summed E-state index contributed by atoms with van der Waals surface area (Å²) >= 11 is 0. The lowest BCUT2D eigenvalue weighted by Crippen LogP contribution is -2.30. The predicted octanol–water partition coefficient (Wildman–Crippen LogP) is 17.9. The highest BCUT2D eigenvalue weighted by molar-refractivity contribution is 5.97. The maximum absolute atomic E-state index is 2.62. The van der Waals surface area contributed by atoms with Crippen LogP contribution in [0.2, 0.25) is 0 Å². The van der Waals surface area contributed by atoms with E-state index >= 15 is 0 Å². The molecule has 4 aliphatic carbocycles. The van der Waals surface area contributed by atoms with E-state index in [1.165, 1.54) is 134 Å². The Balaban J connectivity index is 0.983. The van der Waals surface area contributed by atoms with Gasteiger partial charge in [0.25, 0.3) is 0 Å². The Hall–Kier alpha value is -8.98. The van der Waals surface area contributed by atoms with Crippen molar-refractivity contribution in [1.82, 2.24) is 0 Å². The minimum atomic E-state index is -0.623. The number of hydrogen-bond donors (Lipinski definition) is 0. The van der Waals surface area contributed by atoms with Crippen molar-refractivity contribution in [3.05, 3.63) is 322 Å². The molecule has 0 saturated carbocycles. The molecule has 11 aromatic carbocycles. The van der Waals surface area contributed by atoms with Crippen molar-refractivity contribution in [1.29, 1.82) is 0 Å². The maximum Gasteiger partial charge on any atom is 0.0714 e. The van der Waals surface area contributed by atoms with Crippen LogP contribution in [0.25, 0.3) is 44.5 Å². The molecule has 0 amide bonds. The normalized spacial score (nSPS) is 14.1. The van der Waals surface area contributed by atoms with E-state index in [0.29, 0.717) is 0 Å². The van der Waals surface area contributed by atoms with Gasteiger partial charge in [-0.15, -0.1) is 0 Å². The molecule has 0 saturated heterocycles. The van der Waals surface area contributed by atoms with Gasteiger partial charge < -0.3 is 9.80 Å². The number of hydrogen-bond acceptors (Lipinski definition) is 2. The van der Waals surface area contributed by atoms with Crippen LogP contribution in [-0.4, -0.2) is 13.1 Å². The molecule has 4 aliphatic rings. The molecule has 2 heteroatoms. The van der Waals surface area contributed by atoms with Crippen LogP contribution in [0.5, 0.6) is 0 Å². The van der Waals surface area contributed by atoms with Crippen molar-refractivity contribution in [3.8, 4) is 44.5 Å². The standard InChI is InChI=1S/C74H56N2/c1-3-75(71-37-21-35-59-57-33-19-17-23-49(57)43-65(59)71)55-39-41-61-63-47-70-64(48-69(63)73(67(61)45-55,51-25-9-5-10-26-51)52-27-11-6-12-28-52)62-42-40-56(46-68(62)74(70,53-29-13-7-14-30-53)54-31-15-8-16-32-54)76(4-2)72-38-22-36-60-58-34-20-18-24-50(58)44-66(60)72/h5-42,45-48H,3-4,43-44H2,1-2H3. The molecule has 0 N–H and O–H groups in total.